The van der Waals surface area contributed by atoms with Crippen LogP contribution < -0.4 is 5.32 Å². The molecular formula is C13H10N2O3S. The van der Waals surface area contributed by atoms with E-state index in [2.05, 4.69) is 10.3 Å². The number of carbonyl (C=O) groups excluding carboxylic acids is 1. The number of thiazole rings is 1. The van der Waals surface area contributed by atoms with Gasteiger partial charge in [-0.05, 0) is 24.3 Å². The Kier molecular flexibility index (Phi) is 3.16. The second-order valence-corrected chi connectivity index (χ2v) is 4.64. The first-order chi connectivity index (χ1) is 9.33. The molecule has 0 fully saturated rings. The molecule has 19 heavy (non-hydrogen) atoms. The monoisotopic (exact) mass is 274 g/mol. The fourth-order valence-electron chi connectivity index (χ4n) is 1.56. The smallest absolute Gasteiger partial charge is 0.271 e. The van der Waals surface area contributed by atoms with Gasteiger partial charge >= 0.3 is 0 Å². The minimum absolute atomic E-state index is 0.231. The summed E-state index contributed by atoms with van der Waals surface area (Å²) in [5.74, 6) is 1.13. The highest BCUT2D eigenvalue weighted by Gasteiger charge is 2.13. The van der Waals surface area contributed by atoms with Crippen LogP contribution in [0.1, 0.15) is 16.2 Å². The number of furan rings is 2. The molecular weight excluding hydrogens is 264 g/mol. The van der Waals surface area contributed by atoms with E-state index in [-0.39, 0.29) is 5.91 Å². The number of rotatable bonds is 4. The first-order valence-electron chi connectivity index (χ1n) is 5.63. The van der Waals surface area contributed by atoms with Gasteiger partial charge in [-0.3, -0.25) is 4.79 Å². The molecule has 0 bridgehead atoms. The molecule has 0 atom stereocenters. The van der Waals surface area contributed by atoms with Crippen LogP contribution in [-0.2, 0) is 6.54 Å². The molecule has 1 N–H and O–H groups in total. The predicted molar refractivity (Wildman–Crippen MR) is 69.7 cm³/mol. The third-order valence-electron chi connectivity index (χ3n) is 2.47. The van der Waals surface area contributed by atoms with Crippen LogP contribution in [0.4, 0.5) is 0 Å². The molecule has 0 aliphatic rings. The summed E-state index contributed by atoms with van der Waals surface area (Å²) in [6.45, 7) is 0.347. The molecule has 0 aliphatic carbocycles. The normalized spacial score (nSPS) is 10.5. The summed E-state index contributed by atoms with van der Waals surface area (Å²) >= 11 is 1.37. The molecule has 5 nitrogen and oxygen atoms in total. The van der Waals surface area contributed by atoms with Crippen molar-refractivity contribution in [3.63, 3.8) is 0 Å². The molecule has 3 aromatic heterocycles. The Morgan fingerprint density at radius 3 is 2.84 bits per heavy atom. The number of amides is 1. The Morgan fingerprint density at radius 1 is 1.26 bits per heavy atom. The lowest BCUT2D eigenvalue weighted by Gasteiger charge is -1.99. The summed E-state index contributed by atoms with van der Waals surface area (Å²) in [6.07, 6.45) is 3.15. The van der Waals surface area contributed by atoms with Gasteiger partial charge in [-0.25, -0.2) is 4.98 Å². The van der Waals surface area contributed by atoms with Gasteiger partial charge < -0.3 is 14.2 Å². The molecule has 96 valence electrons. The van der Waals surface area contributed by atoms with Gasteiger partial charge in [0.25, 0.3) is 5.91 Å². The summed E-state index contributed by atoms with van der Waals surface area (Å²) in [5.41, 5.74) is 0.378. The van der Waals surface area contributed by atoms with E-state index in [1.165, 1.54) is 11.3 Å². The molecule has 0 saturated carbocycles. The molecule has 1 amide bonds. The van der Waals surface area contributed by atoms with Gasteiger partial charge in [-0.2, -0.15) is 0 Å². The molecule has 3 aromatic rings. The summed E-state index contributed by atoms with van der Waals surface area (Å²) < 4.78 is 10.4. The van der Waals surface area contributed by atoms with E-state index in [0.717, 1.165) is 0 Å². The minimum atomic E-state index is -0.231. The van der Waals surface area contributed by atoms with Gasteiger partial charge in [0.1, 0.15) is 11.5 Å². The quantitative estimate of drug-likeness (QED) is 0.794. The van der Waals surface area contributed by atoms with Crippen LogP contribution in [0.2, 0.25) is 0 Å². The largest absolute Gasteiger partial charge is 0.467 e. The van der Waals surface area contributed by atoms with Crippen LogP contribution in [-0.4, -0.2) is 10.9 Å². The van der Waals surface area contributed by atoms with Gasteiger partial charge in [-0.1, -0.05) is 0 Å². The topological polar surface area (TPSA) is 68.3 Å². The van der Waals surface area contributed by atoms with Crippen molar-refractivity contribution < 1.29 is 13.6 Å². The van der Waals surface area contributed by atoms with Crippen molar-refractivity contribution in [1.29, 1.82) is 0 Å². The summed E-state index contributed by atoms with van der Waals surface area (Å²) in [4.78, 5) is 16.1. The Balaban J connectivity index is 1.67. The Labute approximate surface area is 112 Å². The van der Waals surface area contributed by atoms with Crippen molar-refractivity contribution in [2.75, 3.05) is 0 Å². The van der Waals surface area contributed by atoms with Crippen molar-refractivity contribution in [2.24, 2.45) is 0 Å². The number of aromatic nitrogens is 1. The summed E-state index contributed by atoms with van der Waals surface area (Å²) in [5, 5.41) is 5.13. The second-order valence-electron chi connectivity index (χ2n) is 3.78. The second kappa shape index (κ2) is 5.11. The minimum Gasteiger partial charge on any atom is -0.467 e. The number of carbonyl (C=O) groups is 1. The molecule has 0 saturated heterocycles. The Morgan fingerprint density at radius 2 is 2.11 bits per heavy atom. The fraction of sp³-hybridized carbons (Fsp3) is 0.0769. The highest BCUT2D eigenvalue weighted by molar-refractivity contribution is 7.13. The summed E-state index contributed by atoms with van der Waals surface area (Å²) in [6, 6.07) is 7.17. The maximum atomic E-state index is 11.9. The van der Waals surface area contributed by atoms with Crippen LogP contribution in [0.15, 0.2) is 51.0 Å². The van der Waals surface area contributed by atoms with E-state index in [4.69, 9.17) is 8.83 Å². The van der Waals surface area contributed by atoms with Gasteiger partial charge in [0.15, 0.2) is 10.8 Å². The van der Waals surface area contributed by atoms with Crippen molar-refractivity contribution in [3.05, 3.63) is 53.6 Å². The highest BCUT2D eigenvalue weighted by Crippen LogP contribution is 2.23. The van der Waals surface area contributed by atoms with Crippen molar-refractivity contribution >= 4 is 17.2 Å². The average Bonchev–Trinajstić information content (AvgIpc) is 3.14. The van der Waals surface area contributed by atoms with E-state index in [0.29, 0.717) is 28.8 Å². The van der Waals surface area contributed by atoms with Crippen LogP contribution in [0.25, 0.3) is 10.8 Å². The third-order valence-corrected chi connectivity index (χ3v) is 3.33. The third kappa shape index (κ3) is 2.58. The van der Waals surface area contributed by atoms with E-state index >= 15 is 0 Å². The van der Waals surface area contributed by atoms with Gasteiger partial charge in [-0.15, -0.1) is 11.3 Å². The van der Waals surface area contributed by atoms with Gasteiger partial charge in [0.2, 0.25) is 0 Å². The molecule has 0 aliphatic heterocycles. The van der Waals surface area contributed by atoms with Crippen molar-refractivity contribution in [2.45, 2.75) is 6.54 Å². The van der Waals surface area contributed by atoms with E-state index in [1.54, 1.807) is 36.1 Å². The van der Waals surface area contributed by atoms with E-state index < -0.39 is 0 Å². The maximum Gasteiger partial charge on any atom is 0.271 e. The van der Waals surface area contributed by atoms with Gasteiger partial charge in [0.05, 0.1) is 19.1 Å². The Bertz CT molecular complexity index is 656. The lowest BCUT2D eigenvalue weighted by molar-refractivity contribution is 0.0944. The standard InChI is InChI=1S/C13H10N2O3S/c16-12(14-7-9-3-1-5-17-9)10-8-19-13(15-10)11-4-2-6-18-11/h1-6,8H,7H2,(H,14,16). The number of hydrogen-bond donors (Lipinski definition) is 1. The zero-order valence-electron chi connectivity index (χ0n) is 9.83. The molecule has 0 spiro atoms. The van der Waals surface area contributed by atoms with Crippen LogP contribution in [0.3, 0.4) is 0 Å². The fourth-order valence-corrected chi connectivity index (χ4v) is 2.33. The van der Waals surface area contributed by atoms with Gasteiger partial charge in [0, 0.05) is 5.38 Å². The predicted octanol–water partition coefficient (Wildman–Crippen LogP) is 2.93. The number of nitrogens with one attached hydrogen (secondary N) is 1. The molecule has 3 rings (SSSR count). The first-order valence-corrected chi connectivity index (χ1v) is 6.51. The maximum absolute atomic E-state index is 11.9. The van der Waals surface area contributed by atoms with Crippen molar-refractivity contribution in [3.8, 4) is 10.8 Å². The van der Waals surface area contributed by atoms with Crippen LogP contribution in [0.5, 0.6) is 0 Å². The molecule has 0 aromatic carbocycles. The van der Waals surface area contributed by atoms with Crippen LogP contribution >= 0.6 is 11.3 Å². The highest BCUT2D eigenvalue weighted by atomic mass is 32.1. The molecule has 0 radical (unpaired) electrons. The number of nitrogens with zero attached hydrogens (tertiary/aromatic N) is 1. The van der Waals surface area contributed by atoms with Crippen molar-refractivity contribution in [1.82, 2.24) is 10.3 Å². The SMILES string of the molecule is O=C(NCc1ccco1)c1csc(-c2ccco2)n1. The first kappa shape index (κ1) is 11.7. The number of hydrogen-bond acceptors (Lipinski definition) is 5. The zero-order chi connectivity index (χ0) is 13.1. The molecule has 3 heterocycles. The molecule has 0 unspecified atom stereocenters. The summed E-state index contributed by atoms with van der Waals surface area (Å²) in [7, 11) is 0. The lowest BCUT2D eigenvalue weighted by atomic mass is 10.4. The molecule has 6 heteroatoms. The van der Waals surface area contributed by atoms with Crippen LogP contribution in [0, 0.1) is 0 Å². The van der Waals surface area contributed by atoms with E-state index in [9.17, 15) is 4.79 Å². The lowest BCUT2D eigenvalue weighted by Crippen LogP contribution is -2.22. The average molecular weight is 274 g/mol. The van der Waals surface area contributed by atoms with E-state index in [1.807, 2.05) is 6.07 Å². The zero-order valence-corrected chi connectivity index (χ0v) is 10.6. The Hall–Kier alpha value is -2.34.